The molecular weight excluding hydrogens is 425 g/mol. The molecule has 0 heterocycles. The topological polar surface area (TPSA) is 71.5 Å². The molecule has 158 valence electrons. The first-order valence-electron chi connectivity index (χ1n) is 9.11. The van der Waals surface area contributed by atoms with Gasteiger partial charge in [0.2, 0.25) is 10.0 Å². The largest absolute Gasteiger partial charge is 0.243 e. The van der Waals surface area contributed by atoms with Crippen molar-refractivity contribution in [2.45, 2.75) is 22.8 Å². The van der Waals surface area contributed by atoms with Gasteiger partial charge < -0.3 is 0 Å². The van der Waals surface area contributed by atoms with Crippen LogP contribution in [0.2, 0.25) is 0 Å². The van der Waals surface area contributed by atoms with E-state index in [2.05, 4.69) is 0 Å². The van der Waals surface area contributed by atoms with E-state index in [0.717, 1.165) is 6.26 Å². The van der Waals surface area contributed by atoms with Gasteiger partial charge in [0.1, 0.15) is 5.82 Å². The van der Waals surface area contributed by atoms with Gasteiger partial charge in [-0.2, -0.15) is 4.31 Å². The molecule has 3 aromatic rings. The van der Waals surface area contributed by atoms with E-state index in [4.69, 9.17) is 0 Å². The lowest BCUT2D eigenvalue weighted by atomic mass is 9.99. The zero-order valence-corrected chi connectivity index (χ0v) is 18.4. The third-order valence-corrected chi connectivity index (χ3v) is 7.98. The first-order chi connectivity index (χ1) is 14.0. The summed E-state index contributed by atoms with van der Waals surface area (Å²) in [7, 11) is -6.23. The Kier molecular flexibility index (Phi) is 6.12. The molecule has 0 aliphatic rings. The molecule has 0 amide bonds. The third kappa shape index (κ3) is 4.45. The predicted molar refractivity (Wildman–Crippen MR) is 114 cm³/mol. The molecule has 0 aliphatic heterocycles. The van der Waals surface area contributed by atoms with E-state index < -0.39 is 31.7 Å². The fourth-order valence-electron chi connectivity index (χ4n) is 3.28. The number of rotatable bonds is 6. The maximum Gasteiger partial charge on any atom is 0.243 e. The lowest BCUT2D eigenvalue weighted by molar-refractivity contribution is 0.417. The van der Waals surface area contributed by atoms with Crippen LogP contribution in [0.3, 0.4) is 0 Å². The van der Waals surface area contributed by atoms with Crippen molar-refractivity contribution >= 4 is 19.9 Å². The lowest BCUT2D eigenvalue weighted by Gasteiger charge is -2.29. The Morgan fingerprint density at radius 2 is 1.40 bits per heavy atom. The van der Waals surface area contributed by atoms with Crippen molar-refractivity contribution in [1.29, 1.82) is 0 Å². The van der Waals surface area contributed by atoms with Gasteiger partial charge >= 0.3 is 0 Å². The number of sulfonamides is 1. The molecule has 0 bridgehead atoms. The van der Waals surface area contributed by atoms with Crippen LogP contribution < -0.4 is 0 Å². The van der Waals surface area contributed by atoms with Crippen molar-refractivity contribution in [2.24, 2.45) is 0 Å². The van der Waals surface area contributed by atoms with Crippen LogP contribution in [0, 0.1) is 12.7 Å². The van der Waals surface area contributed by atoms with Crippen molar-refractivity contribution in [1.82, 2.24) is 4.31 Å². The van der Waals surface area contributed by atoms with Crippen molar-refractivity contribution in [2.75, 3.05) is 13.3 Å². The number of halogens is 1. The molecular formula is C22H22FNO4S2. The third-order valence-electron chi connectivity index (χ3n) is 4.91. The molecule has 0 N–H and O–H groups in total. The average Bonchev–Trinajstić information content (AvgIpc) is 2.69. The monoisotopic (exact) mass is 447 g/mol. The van der Waals surface area contributed by atoms with E-state index in [9.17, 15) is 21.2 Å². The maximum atomic E-state index is 13.5. The molecule has 0 saturated heterocycles. The molecule has 3 aromatic carbocycles. The second-order valence-corrected chi connectivity index (χ2v) is 11.1. The highest BCUT2D eigenvalue weighted by Crippen LogP contribution is 2.33. The first-order valence-corrected chi connectivity index (χ1v) is 12.4. The van der Waals surface area contributed by atoms with Gasteiger partial charge in [-0.1, -0.05) is 48.5 Å². The van der Waals surface area contributed by atoms with Crippen molar-refractivity contribution < 1.29 is 21.2 Å². The van der Waals surface area contributed by atoms with Crippen LogP contribution in [0.4, 0.5) is 4.39 Å². The van der Waals surface area contributed by atoms with E-state index in [1.807, 2.05) is 6.07 Å². The Labute approximate surface area is 176 Å². The molecule has 1 unspecified atom stereocenters. The number of sulfone groups is 1. The number of aryl methyl sites for hydroxylation is 1. The van der Waals surface area contributed by atoms with Crippen molar-refractivity contribution in [3.63, 3.8) is 0 Å². The van der Waals surface area contributed by atoms with Gasteiger partial charge in [-0.3, -0.25) is 0 Å². The normalized spacial score (nSPS) is 13.4. The number of benzene rings is 3. The van der Waals surface area contributed by atoms with Crippen LogP contribution in [0.25, 0.3) is 0 Å². The smallest absolute Gasteiger partial charge is 0.224 e. The van der Waals surface area contributed by atoms with E-state index in [0.29, 0.717) is 16.7 Å². The molecule has 0 spiro atoms. The van der Waals surface area contributed by atoms with Crippen molar-refractivity contribution in [3.05, 3.63) is 95.3 Å². The van der Waals surface area contributed by atoms with Gasteiger partial charge in [-0.05, 0) is 47.9 Å². The standard InChI is InChI=1S/C22H22FNO4S2/c1-16-9-14-20(29(3,25)26)15-21(16)30(27,28)24(2)22(17-7-5-4-6-8-17)18-10-12-19(23)13-11-18/h4-15,22H,1-3H3. The Morgan fingerprint density at radius 1 is 0.833 bits per heavy atom. The number of nitrogens with zero attached hydrogens (tertiary/aromatic N) is 1. The summed E-state index contributed by atoms with van der Waals surface area (Å²) in [5.41, 5.74) is 1.72. The van der Waals surface area contributed by atoms with Crippen LogP contribution in [0.15, 0.2) is 82.6 Å². The van der Waals surface area contributed by atoms with Crippen molar-refractivity contribution in [3.8, 4) is 0 Å². The minimum atomic E-state index is -4.08. The summed E-state index contributed by atoms with van der Waals surface area (Å²) in [6.07, 6.45) is 1.03. The summed E-state index contributed by atoms with van der Waals surface area (Å²) in [6.45, 7) is 1.61. The van der Waals surface area contributed by atoms with Gasteiger partial charge in [0.15, 0.2) is 9.84 Å². The highest BCUT2D eigenvalue weighted by Gasteiger charge is 2.32. The molecule has 0 saturated carbocycles. The Morgan fingerprint density at radius 3 is 1.97 bits per heavy atom. The number of hydrogen-bond donors (Lipinski definition) is 0. The summed E-state index contributed by atoms with van der Waals surface area (Å²) in [5, 5.41) is 0. The lowest BCUT2D eigenvalue weighted by Crippen LogP contribution is -2.32. The zero-order valence-electron chi connectivity index (χ0n) is 16.8. The Hall–Kier alpha value is -2.55. The summed E-state index contributed by atoms with van der Waals surface area (Å²) in [6, 6.07) is 18.0. The summed E-state index contributed by atoms with van der Waals surface area (Å²) < 4.78 is 65.7. The van der Waals surface area contributed by atoms with E-state index in [1.165, 1.54) is 41.7 Å². The molecule has 0 aromatic heterocycles. The highest BCUT2D eigenvalue weighted by atomic mass is 32.2. The second kappa shape index (κ2) is 8.29. The van der Waals surface area contributed by atoms with E-state index in [1.54, 1.807) is 43.3 Å². The minimum Gasteiger partial charge on any atom is -0.224 e. The summed E-state index contributed by atoms with van der Waals surface area (Å²) in [5.74, 6) is -0.423. The Bertz CT molecular complexity index is 1260. The summed E-state index contributed by atoms with van der Waals surface area (Å²) in [4.78, 5) is -0.158. The second-order valence-electron chi connectivity index (χ2n) is 7.09. The van der Waals surface area contributed by atoms with Gasteiger partial charge in [-0.15, -0.1) is 0 Å². The molecule has 3 rings (SSSR count). The highest BCUT2D eigenvalue weighted by molar-refractivity contribution is 7.91. The molecule has 5 nitrogen and oxygen atoms in total. The fraction of sp³-hybridized carbons (Fsp3) is 0.182. The minimum absolute atomic E-state index is 0.0712. The zero-order chi connectivity index (χ0) is 22.1. The molecule has 30 heavy (non-hydrogen) atoms. The van der Waals surface area contributed by atoms with Gasteiger partial charge in [0, 0.05) is 13.3 Å². The van der Waals surface area contributed by atoms with Gasteiger partial charge in [0.25, 0.3) is 0 Å². The predicted octanol–water partition coefficient (Wildman–Crippen LogP) is 3.95. The summed E-state index contributed by atoms with van der Waals surface area (Å²) >= 11 is 0. The first kappa shape index (κ1) is 22.1. The molecule has 0 aliphatic carbocycles. The van der Waals surface area contributed by atoms with Crippen LogP contribution in [-0.4, -0.2) is 34.4 Å². The van der Waals surface area contributed by atoms with Crippen LogP contribution in [0.1, 0.15) is 22.7 Å². The maximum absolute atomic E-state index is 13.5. The molecule has 8 heteroatoms. The molecule has 1 atom stereocenters. The van der Waals surface area contributed by atoms with Gasteiger partial charge in [0.05, 0.1) is 15.8 Å². The van der Waals surface area contributed by atoms with Gasteiger partial charge in [-0.25, -0.2) is 21.2 Å². The van der Waals surface area contributed by atoms with Crippen LogP contribution in [0.5, 0.6) is 0 Å². The number of hydrogen-bond acceptors (Lipinski definition) is 4. The quantitative estimate of drug-likeness (QED) is 0.574. The SMILES string of the molecule is Cc1ccc(S(C)(=O)=O)cc1S(=O)(=O)N(C)C(c1ccccc1)c1ccc(F)cc1. The average molecular weight is 448 g/mol. The molecule has 0 fully saturated rings. The van der Waals surface area contributed by atoms with E-state index in [-0.39, 0.29) is 9.79 Å². The van der Waals surface area contributed by atoms with Crippen LogP contribution in [-0.2, 0) is 19.9 Å². The molecule has 0 radical (unpaired) electrons. The Balaban J connectivity index is 2.17. The van der Waals surface area contributed by atoms with Crippen LogP contribution >= 0.6 is 0 Å². The van der Waals surface area contributed by atoms with E-state index >= 15 is 0 Å². The fourth-order valence-corrected chi connectivity index (χ4v) is 5.58.